The molecule has 0 spiro atoms. The summed E-state index contributed by atoms with van der Waals surface area (Å²) in [7, 11) is 0.964. The van der Waals surface area contributed by atoms with E-state index in [1.165, 1.54) is 6.92 Å². The molecule has 0 aromatic carbocycles. The molecule has 3 nitrogen and oxygen atoms in total. The van der Waals surface area contributed by atoms with E-state index in [2.05, 4.69) is 14.5 Å². The first-order chi connectivity index (χ1) is 7.76. The van der Waals surface area contributed by atoms with Crippen LogP contribution >= 0.6 is 0 Å². The highest BCUT2D eigenvalue weighted by atomic mass is 19.4. The van der Waals surface area contributed by atoms with E-state index in [9.17, 15) is 22.0 Å². The van der Waals surface area contributed by atoms with E-state index in [1.54, 1.807) is 0 Å². The lowest BCUT2D eigenvalue weighted by molar-refractivity contribution is -0.276. The van der Waals surface area contributed by atoms with Crippen LogP contribution in [0.2, 0.25) is 0 Å². The molecule has 0 radical (unpaired) electrons. The van der Waals surface area contributed by atoms with Gasteiger partial charge in [0.1, 0.15) is 0 Å². The van der Waals surface area contributed by atoms with Crippen LogP contribution in [0.25, 0.3) is 0 Å². The highest BCUT2D eigenvalue weighted by Crippen LogP contribution is 2.39. The van der Waals surface area contributed by atoms with Crippen LogP contribution in [0, 0.1) is 6.92 Å². The van der Waals surface area contributed by atoms with Gasteiger partial charge in [0.05, 0.1) is 12.7 Å². The molecule has 0 aliphatic heterocycles. The third kappa shape index (κ3) is 3.18. The molecule has 17 heavy (non-hydrogen) atoms. The van der Waals surface area contributed by atoms with Gasteiger partial charge in [-0.15, -0.1) is 13.2 Å². The van der Waals surface area contributed by atoms with Crippen molar-refractivity contribution >= 4 is 0 Å². The zero-order valence-electron chi connectivity index (χ0n) is 8.81. The average Bonchev–Trinajstić information content (AvgIpc) is 2.17. The quantitative estimate of drug-likeness (QED) is 0.779. The third-order valence-corrected chi connectivity index (χ3v) is 1.87. The van der Waals surface area contributed by atoms with Gasteiger partial charge in [0.15, 0.2) is 5.75 Å². The fourth-order valence-corrected chi connectivity index (χ4v) is 1.23. The lowest BCUT2D eigenvalue weighted by atomic mass is 10.1. The Morgan fingerprint density at radius 3 is 2.29 bits per heavy atom. The summed E-state index contributed by atoms with van der Waals surface area (Å²) in [6.45, 7) is 1.29. The number of rotatable bonds is 3. The minimum Gasteiger partial charge on any atom is -0.491 e. The van der Waals surface area contributed by atoms with Crippen molar-refractivity contribution in [3.63, 3.8) is 0 Å². The van der Waals surface area contributed by atoms with E-state index in [-0.39, 0.29) is 5.56 Å². The number of nitrogens with zero attached hydrogens (tertiary/aromatic N) is 1. The van der Waals surface area contributed by atoms with E-state index in [1.807, 2.05) is 0 Å². The molecule has 0 saturated heterocycles. The summed E-state index contributed by atoms with van der Waals surface area (Å²) in [5.74, 6) is -1.74. The van der Waals surface area contributed by atoms with Crippen molar-refractivity contribution in [3.8, 4) is 11.6 Å². The summed E-state index contributed by atoms with van der Waals surface area (Å²) in [6, 6.07) is 0. The normalized spacial score (nSPS) is 11.8. The van der Waals surface area contributed by atoms with Gasteiger partial charge < -0.3 is 9.47 Å². The second kappa shape index (κ2) is 4.72. The number of hydrogen-bond acceptors (Lipinski definition) is 3. The molecule has 0 atom stereocenters. The number of hydrogen-bond donors (Lipinski definition) is 0. The minimum atomic E-state index is -5.02. The molecule has 0 bridgehead atoms. The molecular weight excluding hydrogens is 249 g/mol. The molecule has 0 aliphatic carbocycles. The fourth-order valence-electron chi connectivity index (χ4n) is 1.23. The van der Waals surface area contributed by atoms with Crippen LogP contribution in [-0.4, -0.2) is 18.5 Å². The maximum absolute atomic E-state index is 12.6. The number of pyridine rings is 1. The predicted octanol–water partition coefficient (Wildman–Crippen LogP) is 3.23. The van der Waals surface area contributed by atoms with Crippen LogP contribution < -0.4 is 9.47 Å². The standard InChI is InChI=1S/C9H8F5NO2/c1-4-3-15-8(17-9(12,13)14)6(16-2)5(4)7(10)11/h3,7H,1-2H3. The molecular formula is C9H8F5NO2. The van der Waals surface area contributed by atoms with Crippen molar-refractivity contribution in [2.75, 3.05) is 7.11 Å². The Hall–Kier alpha value is -1.60. The number of alkyl halides is 5. The number of aryl methyl sites for hydroxylation is 1. The Balaban J connectivity index is 3.28. The van der Waals surface area contributed by atoms with Gasteiger partial charge >= 0.3 is 6.36 Å². The van der Waals surface area contributed by atoms with Gasteiger partial charge in [-0.25, -0.2) is 13.8 Å². The summed E-state index contributed by atoms with van der Waals surface area (Å²) in [6.07, 6.45) is -7.14. The van der Waals surface area contributed by atoms with Crippen molar-refractivity contribution < 1.29 is 31.4 Å². The molecule has 1 aromatic rings. The molecule has 0 N–H and O–H groups in total. The average molecular weight is 257 g/mol. The Kier molecular flexibility index (Phi) is 3.74. The van der Waals surface area contributed by atoms with E-state index >= 15 is 0 Å². The van der Waals surface area contributed by atoms with Crippen LogP contribution in [0.3, 0.4) is 0 Å². The van der Waals surface area contributed by atoms with Crippen LogP contribution in [0.4, 0.5) is 22.0 Å². The van der Waals surface area contributed by atoms with Gasteiger partial charge in [0.2, 0.25) is 0 Å². The van der Waals surface area contributed by atoms with E-state index in [4.69, 9.17) is 0 Å². The minimum absolute atomic E-state index is 0.0198. The zero-order chi connectivity index (χ0) is 13.2. The number of ether oxygens (including phenoxy) is 2. The van der Waals surface area contributed by atoms with Crippen LogP contribution in [0.15, 0.2) is 6.20 Å². The third-order valence-electron chi connectivity index (χ3n) is 1.87. The lowest BCUT2D eigenvalue weighted by Gasteiger charge is -2.15. The number of halogens is 5. The molecule has 8 heteroatoms. The summed E-state index contributed by atoms with van der Waals surface area (Å²) < 4.78 is 69.2. The first-order valence-electron chi connectivity index (χ1n) is 4.33. The highest BCUT2D eigenvalue weighted by molar-refractivity contribution is 5.46. The van der Waals surface area contributed by atoms with E-state index in [0.29, 0.717) is 0 Å². The largest absolute Gasteiger partial charge is 0.574 e. The zero-order valence-corrected chi connectivity index (χ0v) is 8.81. The number of methoxy groups -OCH3 is 1. The molecule has 0 aliphatic rings. The summed E-state index contributed by atoms with van der Waals surface area (Å²) in [5.41, 5.74) is -0.645. The predicted molar refractivity (Wildman–Crippen MR) is 47.2 cm³/mol. The smallest absolute Gasteiger partial charge is 0.491 e. The fraction of sp³-hybridized carbons (Fsp3) is 0.444. The van der Waals surface area contributed by atoms with Gasteiger partial charge in [0.25, 0.3) is 12.3 Å². The SMILES string of the molecule is COc1c(OC(F)(F)F)ncc(C)c1C(F)F. The summed E-state index contributed by atoms with van der Waals surface area (Å²) >= 11 is 0. The summed E-state index contributed by atoms with van der Waals surface area (Å²) in [4.78, 5) is 3.28. The van der Waals surface area contributed by atoms with Crippen molar-refractivity contribution in [1.29, 1.82) is 0 Å². The lowest BCUT2D eigenvalue weighted by Crippen LogP contribution is -2.19. The van der Waals surface area contributed by atoms with E-state index in [0.717, 1.165) is 13.3 Å². The van der Waals surface area contributed by atoms with Gasteiger partial charge in [-0.2, -0.15) is 0 Å². The van der Waals surface area contributed by atoms with Crippen molar-refractivity contribution in [2.45, 2.75) is 19.7 Å². The van der Waals surface area contributed by atoms with Gasteiger partial charge in [-0.05, 0) is 12.5 Å². The van der Waals surface area contributed by atoms with Gasteiger partial charge in [0, 0.05) is 6.20 Å². The van der Waals surface area contributed by atoms with Gasteiger partial charge in [-0.1, -0.05) is 0 Å². The van der Waals surface area contributed by atoms with Crippen LogP contribution in [0.1, 0.15) is 17.6 Å². The van der Waals surface area contributed by atoms with Crippen molar-refractivity contribution in [2.24, 2.45) is 0 Å². The Morgan fingerprint density at radius 2 is 1.88 bits per heavy atom. The second-order valence-electron chi connectivity index (χ2n) is 3.04. The highest BCUT2D eigenvalue weighted by Gasteiger charge is 2.35. The summed E-state index contributed by atoms with van der Waals surface area (Å²) in [5, 5.41) is 0. The molecule has 1 rings (SSSR count). The molecule has 1 aromatic heterocycles. The molecule has 0 unspecified atom stereocenters. The second-order valence-corrected chi connectivity index (χ2v) is 3.04. The molecule has 96 valence electrons. The Morgan fingerprint density at radius 1 is 1.29 bits per heavy atom. The van der Waals surface area contributed by atoms with Crippen molar-refractivity contribution in [1.82, 2.24) is 4.98 Å². The first-order valence-corrected chi connectivity index (χ1v) is 4.33. The van der Waals surface area contributed by atoms with Crippen molar-refractivity contribution in [3.05, 3.63) is 17.3 Å². The topological polar surface area (TPSA) is 31.4 Å². The Labute approximate surface area is 93.2 Å². The maximum Gasteiger partial charge on any atom is 0.574 e. The first kappa shape index (κ1) is 13.5. The molecule has 0 amide bonds. The van der Waals surface area contributed by atoms with E-state index < -0.39 is 30.0 Å². The monoisotopic (exact) mass is 257 g/mol. The molecule has 1 heterocycles. The molecule has 0 saturated carbocycles. The van der Waals surface area contributed by atoms with Crippen LogP contribution in [-0.2, 0) is 0 Å². The Bertz CT molecular complexity index is 405. The number of aromatic nitrogens is 1. The van der Waals surface area contributed by atoms with Crippen LogP contribution in [0.5, 0.6) is 11.6 Å². The maximum atomic E-state index is 12.6. The molecule has 0 fully saturated rings. The van der Waals surface area contributed by atoms with Gasteiger partial charge in [-0.3, -0.25) is 0 Å².